The molecule has 0 radical (unpaired) electrons. The van der Waals surface area contributed by atoms with Gasteiger partial charge in [-0.25, -0.2) is 4.79 Å². The maximum atomic E-state index is 11.6. The molecule has 104 valence electrons. The number of hydrogen-bond donors (Lipinski definition) is 1. The molecule has 1 aliphatic heterocycles. The van der Waals surface area contributed by atoms with E-state index in [1.54, 1.807) is 0 Å². The average molecular weight is 264 g/mol. The minimum absolute atomic E-state index is 0.0693. The van der Waals surface area contributed by atoms with Crippen molar-refractivity contribution in [3.05, 3.63) is 33.1 Å². The number of hydrogen-bond acceptors (Lipinski definition) is 3. The fourth-order valence-electron chi connectivity index (χ4n) is 2.05. The number of ether oxygens (including phenoxy) is 1. The number of H-pyrrole nitrogens is 1. The summed E-state index contributed by atoms with van der Waals surface area (Å²) in [6.45, 7) is 6.01. The normalized spacial score (nSPS) is 25.3. The molecule has 1 saturated heterocycles. The van der Waals surface area contributed by atoms with Crippen molar-refractivity contribution in [2.24, 2.45) is 5.92 Å². The molecule has 0 aromatic carbocycles. The fourth-order valence-corrected chi connectivity index (χ4v) is 2.05. The maximum absolute atomic E-state index is 11.6. The second kappa shape index (κ2) is 6.95. The third kappa shape index (κ3) is 3.36. The van der Waals surface area contributed by atoms with Crippen molar-refractivity contribution in [3.8, 4) is 12.3 Å². The van der Waals surface area contributed by atoms with Crippen molar-refractivity contribution in [1.29, 1.82) is 0 Å². The van der Waals surface area contributed by atoms with Gasteiger partial charge in [0.15, 0.2) is 6.23 Å². The summed E-state index contributed by atoms with van der Waals surface area (Å²) in [5.74, 6) is 2.51. The lowest BCUT2D eigenvalue weighted by Gasteiger charge is -2.16. The van der Waals surface area contributed by atoms with Crippen LogP contribution >= 0.6 is 0 Å². The molecule has 2 rings (SSSR count). The summed E-state index contributed by atoms with van der Waals surface area (Å²) in [5, 5.41) is 0. The monoisotopic (exact) mass is 264 g/mol. The fraction of sp³-hybridized carbons (Fsp3) is 0.571. The van der Waals surface area contributed by atoms with E-state index in [1.165, 1.54) is 16.8 Å². The Labute approximate surface area is 112 Å². The lowest BCUT2D eigenvalue weighted by atomic mass is 10.0. The number of rotatable bonds is 2. The predicted octanol–water partition coefficient (Wildman–Crippen LogP) is 1.51. The van der Waals surface area contributed by atoms with Crippen LogP contribution in [0.2, 0.25) is 0 Å². The number of nitrogens with one attached hydrogen (secondary N) is 1. The molecule has 1 aromatic rings. The highest BCUT2D eigenvalue weighted by molar-refractivity contribution is 5.01. The molecule has 0 spiro atoms. The zero-order chi connectivity index (χ0) is 14.4. The first-order chi connectivity index (χ1) is 9.15. The Morgan fingerprint density at radius 1 is 1.53 bits per heavy atom. The molecule has 3 atom stereocenters. The van der Waals surface area contributed by atoms with Crippen molar-refractivity contribution >= 4 is 0 Å². The molecule has 0 aliphatic carbocycles. The van der Waals surface area contributed by atoms with Crippen molar-refractivity contribution in [1.82, 2.24) is 9.55 Å². The largest absolute Gasteiger partial charge is 0.353 e. The lowest BCUT2D eigenvalue weighted by Crippen LogP contribution is -2.33. The molecule has 2 heterocycles. The van der Waals surface area contributed by atoms with Gasteiger partial charge in [0, 0.05) is 12.3 Å². The molecular formula is C14H20N2O3. The van der Waals surface area contributed by atoms with Crippen LogP contribution in [0.25, 0.3) is 0 Å². The highest BCUT2D eigenvalue weighted by Crippen LogP contribution is 2.33. The van der Waals surface area contributed by atoms with E-state index >= 15 is 0 Å². The highest BCUT2D eigenvalue weighted by Gasteiger charge is 2.34. The molecule has 0 saturated carbocycles. The van der Waals surface area contributed by atoms with E-state index < -0.39 is 17.5 Å². The number of terminal acetylenes is 1. The van der Waals surface area contributed by atoms with Gasteiger partial charge < -0.3 is 4.74 Å². The molecule has 0 bridgehead atoms. The van der Waals surface area contributed by atoms with Crippen LogP contribution in [0.4, 0.5) is 0 Å². The zero-order valence-electron chi connectivity index (χ0n) is 11.6. The Bertz CT molecular complexity index is 553. The van der Waals surface area contributed by atoms with Crippen LogP contribution in [0.1, 0.15) is 39.8 Å². The Morgan fingerprint density at radius 3 is 2.74 bits per heavy atom. The Hall–Kier alpha value is -1.80. The van der Waals surface area contributed by atoms with E-state index in [2.05, 4.69) is 10.9 Å². The Kier molecular flexibility index (Phi) is 5.58. The van der Waals surface area contributed by atoms with Gasteiger partial charge in [-0.1, -0.05) is 26.7 Å². The summed E-state index contributed by atoms with van der Waals surface area (Å²) >= 11 is 0. The second-order valence-corrected chi connectivity index (χ2v) is 4.08. The predicted molar refractivity (Wildman–Crippen MR) is 73.8 cm³/mol. The van der Waals surface area contributed by atoms with Gasteiger partial charge in [0.2, 0.25) is 0 Å². The molecule has 19 heavy (non-hydrogen) atoms. The second-order valence-electron chi connectivity index (χ2n) is 4.08. The summed E-state index contributed by atoms with van der Waals surface area (Å²) in [5.41, 5.74) is -0.909. The summed E-state index contributed by atoms with van der Waals surface area (Å²) < 4.78 is 7.07. The minimum atomic E-state index is -0.487. The first kappa shape index (κ1) is 15.3. The minimum Gasteiger partial charge on any atom is -0.353 e. The van der Waals surface area contributed by atoms with Gasteiger partial charge in [-0.05, 0) is 12.8 Å². The van der Waals surface area contributed by atoms with Crippen LogP contribution < -0.4 is 11.2 Å². The van der Waals surface area contributed by atoms with Gasteiger partial charge in [-0.2, -0.15) is 0 Å². The summed E-state index contributed by atoms with van der Waals surface area (Å²) in [6.07, 6.45) is 8.05. The van der Waals surface area contributed by atoms with Crippen LogP contribution in [0.3, 0.4) is 0 Å². The molecule has 1 aliphatic rings. The molecule has 1 fully saturated rings. The molecular weight excluding hydrogens is 244 g/mol. The molecule has 0 amide bonds. The molecule has 5 heteroatoms. The van der Waals surface area contributed by atoms with Gasteiger partial charge in [0.05, 0.1) is 12.0 Å². The third-order valence-corrected chi connectivity index (χ3v) is 2.99. The van der Waals surface area contributed by atoms with Crippen LogP contribution in [0, 0.1) is 18.3 Å². The number of aromatic amines is 1. The van der Waals surface area contributed by atoms with Crippen molar-refractivity contribution in [3.63, 3.8) is 0 Å². The molecule has 1 N–H and O–H groups in total. The molecule has 5 nitrogen and oxygen atoms in total. The molecule has 2 unspecified atom stereocenters. The summed E-state index contributed by atoms with van der Waals surface area (Å²) in [6, 6.07) is 1.29. The van der Waals surface area contributed by atoms with Gasteiger partial charge in [0.1, 0.15) is 0 Å². The topological polar surface area (TPSA) is 64.1 Å². The van der Waals surface area contributed by atoms with Gasteiger partial charge in [-0.15, -0.1) is 6.42 Å². The van der Waals surface area contributed by atoms with Gasteiger partial charge in [0.25, 0.3) is 5.56 Å². The van der Waals surface area contributed by atoms with Gasteiger partial charge >= 0.3 is 5.69 Å². The van der Waals surface area contributed by atoms with E-state index in [0.717, 1.165) is 12.8 Å². The van der Waals surface area contributed by atoms with Crippen molar-refractivity contribution in [2.75, 3.05) is 0 Å². The van der Waals surface area contributed by atoms with E-state index in [-0.39, 0.29) is 12.0 Å². The van der Waals surface area contributed by atoms with Crippen LogP contribution in [0.15, 0.2) is 21.9 Å². The zero-order valence-corrected chi connectivity index (χ0v) is 11.6. The average Bonchev–Trinajstić information content (AvgIpc) is 2.84. The number of aromatic nitrogens is 2. The summed E-state index contributed by atoms with van der Waals surface area (Å²) in [4.78, 5) is 24.8. The van der Waals surface area contributed by atoms with Crippen molar-refractivity contribution < 1.29 is 4.74 Å². The van der Waals surface area contributed by atoms with Crippen LogP contribution in [-0.4, -0.2) is 15.7 Å². The Balaban J connectivity index is 0.000000861. The molecule has 1 aromatic heterocycles. The van der Waals surface area contributed by atoms with E-state index in [9.17, 15) is 9.59 Å². The summed E-state index contributed by atoms with van der Waals surface area (Å²) in [7, 11) is 0. The first-order valence-corrected chi connectivity index (χ1v) is 6.58. The first-order valence-electron chi connectivity index (χ1n) is 6.58. The van der Waals surface area contributed by atoms with E-state index in [1.807, 2.05) is 20.8 Å². The SMILES string of the molecule is C#C[C@H]1CC(CC)OC1n1ccc(=O)[nH]c1=O.CC. The van der Waals surface area contributed by atoms with Crippen molar-refractivity contribution in [2.45, 2.75) is 45.9 Å². The van der Waals surface area contributed by atoms with Crippen LogP contribution in [0.5, 0.6) is 0 Å². The smallest absolute Gasteiger partial charge is 0.330 e. The quantitative estimate of drug-likeness (QED) is 0.823. The van der Waals surface area contributed by atoms with E-state index in [4.69, 9.17) is 11.2 Å². The van der Waals surface area contributed by atoms with Crippen LogP contribution in [-0.2, 0) is 4.74 Å². The van der Waals surface area contributed by atoms with E-state index in [0.29, 0.717) is 0 Å². The standard InChI is InChI=1S/C12H14N2O3.C2H6/c1-3-8-7-9(4-2)17-11(8)14-6-5-10(15)13-12(14)16;1-2/h1,5-6,8-9,11H,4,7H2,2H3,(H,13,15,16);1-2H3/t8-,9?,11?;/m0./s1. The van der Waals surface area contributed by atoms with Gasteiger partial charge in [-0.3, -0.25) is 14.3 Å². The Morgan fingerprint density at radius 2 is 2.21 bits per heavy atom. The lowest BCUT2D eigenvalue weighted by molar-refractivity contribution is -0.00978. The highest BCUT2D eigenvalue weighted by atomic mass is 16.5. The maximum Gasteiger partial charge on any atom is 0.330 e. The number of nitrogens with zero attached hydrogens (tertiary/aromatic N) is 1. The third-order valence-electron chi connectivity index (χ3n) is 2.99.